The first-order valence-electron chi connectivity index (χ1n) is 8.92. The predicted molar refractivity (Wildman–Crippen MR) is 107 cm³/mol. The van der Waals surface area contributed by atoms with Crippen LogP contribution in [0.2, 0.25) is 0 Å². The van der Waals surface area contributed by atoms with Crippen LogP contribution in [0.4, 0.5) is 0 Å². The van der Waals surface area contributed by atoms with Crippen molar-refractivity contribution in [1.29, 1.82) is 0 Å². The van der Waals surface area contributed by atoms with Gasteiger partial charge in [0.15, 0.2) is 0 Å². The van der Waals surface area contributed by atoms with Gasteiger partial charge in [-0.05, 0) is 37.6 Å². The molecule has 2 aromatic rings. The largest absolute Gasteiger partial charge is 0.492 e. The van der Waals surface area contributed by atoms with Crippen molar-refractivity contribution in [1.82, 2.24) is 4.31 Å². The fourth-order valence-electron chi connectivity index (χ4n) is 3.33. The van der Waals surface area contributed by atoms with E-state index in [0.29, 0.717) is 25.2 Å². The molecule has 0 bridgehead atoms. The fraction of sp³-hybridized carbons (Fsp3) is 0.350. The predicted octanol–water partition coefficient (Wildman–Crippen LogP) is 3.68. The minimum Gasteiger partial charge on any atom is -0.492 e. The third-order valence-corrected chi connectivity index (χ3v) is 7.06. The van der Waals surface area contributed by atoms with Gasteiger partial charge in [0.2, 0.25) is 5.91 Å². The Morgan fingerprint density at radius 2 is 1.78 bits per heavy atom. The van der Waals surface area contributed by atoms with Gasteiger partial charge in [-0.3, -0.25) is 4.79 Å². The number of carbonyl (C=O) groups excluding carboxylic acids is 1. The molecule has 1 heterocycles. The van der Waals surface area contributed by atoms with E-state index in [9.17, 15) is 13.2 Å². The van der Waals surface area contributed by atoms with Crippen molar-refractivity contribution in [2.45, 2.75) is 42.5 Å². The second-order valence-corrected chi connectivity index (χ2v) is 8.94. The Bertz CT molecular complexity index is 925. The Morgan fingerprint density at radius 3 is 2.41 bits per heavy atom. The number of sulfonamides is 1. The molecule has 3 rings (SSSR count). The number of aryl methyl sites for hydroxylation is 1. The number of amides is 1. The Kier molecular flexibility index (Phi) is 5.81. The molecule has 2 atom stereocenters. The molecule has 1 aliphatic heterocycles. The lowest BCUT2D eigenvalue weighted by Crippen LogP contribution is -2.62. The van der Waals surface area contributed by atoms with E-state index in [-0.39, 0.29) is 22.8 Å². The lowest BCUT2D eigenvalue weighted by Gasteiger charge is -2.45. The molecule has 1 aliphatic rings. The SMILES string of the molecule is CC[C@H]1C(=O)N(S(=O)(=O)c2ccc(C)cc2)[C@H]1CCOc1ccccc1S. The van der Waals surface area contributed by atoms with Gasteiger partial charge in [0.1, 0.15) is 5.75 Å². The van der Waals surface area contributed by atoms with Gasteiger partial charge >= 0.3 is 0 Å². The molecule has 5 nitrogen and oxygen atoms in total. The molecule has 1 amide bonds. The lowest BCUT2D eigenvalue weighted by molar-refractivity contribution is -0.147. The highest BCUT2D eigenvalue weighted by Gasteiger charge is 2.52. The molecule has 1 saturated heterocycles. The van der Waals surface area contributed by atoms with Gasteiger partial charge in [-0.2, -0.15) is 0 Å². The molecule has 2 aromatic carbocycles. The quantitative estimate of drug-likeness (QED) is 0.564. The van der Waals surface area contributed by atoms with Crippen LogP contribution in [0.5, 0.6) is 5.75 Å². The number of para-hydroxylation sites is 1. The molecule has 0 N–H and O–H groups in total. The van der Waals surface area contributed by atoms with E-state index in [4.69, 9.17) is 4.74 Å². The summed E-state index contributed by atoms with van der Waals surface area (Å²) in [5.41, 5.74) is 0.964. The van der Waals surface area contributed by atoms with Crippen LogP contribution in [0, 0.1) is 12.8 Å². The third-order valence-electron chi connectivity index (χ3n) is 4.85. The molecule has 144 valence electrons. The number of ether oxygens (including phenoxy) is 1. The highest BCUT2D eigenvalue weighted by atomic mass is 32.2. The summed E-state index contributed by atoms with van der Waals surface area (Å²) >= 11 is 4.34. The molecule has 0 spiro atoms. The van der Waals surface area contributed by atoms with Gasteiger partial charge in [-0.25, -0.2) is 12.7 Å². The van der Waals surface area contributed by atoms with E-state index in [1.165, 1.54) is 0 Å². The number of β-lactam (4-membered cyclic amide) rings is 1. The summed E-state index contributed by atoms with van der Waals surface area (Å²) < 4.78 is 32.7. The Morgan fingerprint density at radius 1 is 1.11 bits per heavy atom. The molecule has 7 heteroatoms. The second-order valence-electron chi connectivity index (χ2n) is 6.64. The average molecular weight is 406 g/mol. The summed E-state index contributed by atoms with van der Waals surface area (Å²) in [5, 5.41) is 0. The smallest absolute Gasteiger partial charge is 0.266 e. The van der Waals surface area contributed by atoms with Gasteiger partial charge in [0.05, 0.1) is 23.5 Å². The van der Waals surface area contributed by atoms with Crippen molar-refractivity contribution in [3.63, 3.8) is 0 Å². The summed E-state index contributed by atoms with van der Waals surface area (Å²) in [7, 11) is -3.85. The zero-order valence-corrected chi connectivity index (χ0v) is 17.0. The Labute approximate surface area is 165 Å². The molecule has 0 radical (unpaired) electrons. The van der Waals surface area contributed by atoms with Crippen LogP contribution in [0.25, 0.3) is 0 Å². The maximum atomic E-state index is 12.9. The number of carbonyl (C=O) groups is 1. The van der Waals surface area contributed by atoms with Gasteiger partial charge in [-0.1, -0.05) is 36.8 Å². The second kappa shape index (κ2) is 7.94. The molecule has 0 aromatic heterocycles. The molecule has 1 fully saturated rings. The van der Waals surface area contributed by atoms with Crippen molar-refractivity contribution in [2.75, 3.05) is 6.61 Å². The Hall–Kier alpha value is -1.99. The molecule has 0 aliphatic carbocycles. The fourth-order valence-corrected chi connectivity index (χ4v) is 5.24. The van der Waals surface area contributed by atoms with Crippen LogP contribution in [0.1, 0.15) is 25.3 Å². The maximum absolute atomic E-state index is 12.9. The normalized spacial score (nSPS) is 19.7. The average Bonchev–Trinajstić information content (AvgIpc) is 2.63. The summed E-state index contributed by atoms with van der Waals surface area (Å²) in [6, 6.07) is 13.5. The number of thiol groups is 1. The summed E-state index contributed by atoms with van der Waals surface area (Å²) in [5.74, 6) is 0.0187. The summed E-state index contributed by atoms with van der Waals surface area (Å²) in [6.45, 7) is 4.10. The van der Waals surface area contributed by atoms with Gasteiger partial charge in [0, 0.05) is 11.3 Å². The standard InChI is InChI=1S/C20H23NO4S2/c1-3-16-17(12-13-25-18-6-4-5-7-19(18)26)21(20(16)22)27(23,24)15-10-8-14(2)9-11-15/h4-11,16-17,26H,3,12-13H2,1-2H3/t16-,17+/m1/s1. The van der Waals surface area contributed by atoms with Gasteiger partial charge in [-0.15, -0.1) is 12.6 Å². The van der Waals surface area contributed by atoms with E-state index in [1.807, 2.05) is 38.1 Å². The van der Waals surface area contributed by atoms with Crippen LogP contribution >= 0.6 is 12.6 Å². The third kappa shape index (κ3) is 3.84. The van der Waals surface area contributed by atoms with Crippen molar-refractivity contribution >= 4 is 28.6 Å². The van der Waals surface area contributed by atoms with Crippen molar-refractivity contribution < 1.29 is 17.9 Å². The minimum absolute atomic E-state index is 0.141. The van der Waals surface area contributed by atoms with Crippen LogP contribution < -0.4 is 4.74 Å². The van der Waals surface area contributed by atoms with Crippen molar-refractivity contribution in [3.8, 4) is 5.75 Å². The number of benzene rings is 2. The lowest BCUT2D eigenvalue weighted by atomic mass is 9.86. The van der Waals surface area contributed by atoms with Crippen LogP contribution in [0.3, 0.4) is 0 Å². The molecular weight excluding hydrogens is 382 g/mol. The van der Waals surface area contributed by atoms with Crippen molar-refractivity contribution in [3.05, 3.63) is 54.1 Å². The minimum atomic E-state index is -3.85. The van der Waals surface area contributed by atoms with E-state index < -0.39 is 10.0 Å². The summed E-state index contributed by atoms with van der Waals surface area (Å²) in [6.07, 6.45) is 1.05. The first-order valence-corrected chi connectivity index (χ1v) is 10.8. The van der Waals surface area contributed by atoms with Crippen LogP contribution in [0.15, 0.2) is 58.3 Å². The highest BCUT2D eigenvalue weighted by Crippen LogP contribution is 2.37. The molecule has 27 heavy (non-hydrogen) atoms. The van der Waals surface area contributed by atoms with Gasteiger partial charge < -0.3 is 4.74 Å². The van der Waals surface area contributed by atoms with E-state index in [2.05, 4.69) is 12.6 Å². The molecule has 0 unspecified atom stereocenters. The number of rotatable bonds is 7. The molecule has 0 saturated carbocycles. The van der Waals surface area contributed by atoms with E-state index in [1.54, 1.807) is 24.3 Å². The zero-order chi connectivity index (χ0) is 19.6. The Balaban J connectivity index is 1.75. The highest BCUT2D eigenvalue weighted by molar-refractivity contribution is 7.89. The number of nitrogens with zero attached hydrogens (tertiary/aromatic N) is 1. The summed E-state index contributed by atoms with van der Waals surface area (Å²) in [4.78, 5) is 13.3. The zero-order valence-electron chi connectivity index (χ0n) is 15.3. The van der Waals surface area contributed by atoms with Crippen molar-refractivity contribution in [2.24, 2.45) is 5.92 Å². The first kappa shape index (κ1) is 19.8. The maximum Gasteiger partial charge on any atom is 0.266 e. The van der Waals surface area contributed by atoms with E-state index in [0.717, 1.165) is 14.8 Å². The van der Waals surface area contributed by atoms with Gasteiger partial charge in [0.25, 0.3) is 10.0 Å². The van der Waals surface area contributed by atoms with E-state index >= 15 is 0 Å². The number of hydrogen-bond acceptors (Lipinski definition) is 5. The van der Waals surface area contributed by atoms with Crippen LogP contribution in [-0.2, 0) is 14.8 Å². The molecular formula is C20H23NO4S2. The monoisotopic (exact) mass is 405 g/mol. The first-order chi connectivity index (χ1) is 12.9. The topological polar surface area (TPSA) is 63.7 Å². The van der Waals surface area contributed by atoms with Crippen LogP contribution in [-0.4, -0.2) is 31.3 Å². The number of hydrogen-bond donors (Lipinski definition) is 1.